The summed E-state index contributed by atoms with van der Waals surface area (Å²) in [5.41, 5.74) is 21.9. The van der Waals surface area contributed by atoms with Gasteiger partial charge < -0.3 is 18.1 Å². The van der Waals surface area contributed by atoms with Gasteiger partial charge in [0, 0.05) is 58.4 Å². The Morgan fingerprint density at radius 2 is 0.744 bits per heavy atom. The van der Waals surface area contributed by atoms with Crippen molar-refractivity contribution >= 4 is 126 Å². The minimum Gasteiger partial charge on any atom is -0.399 e. The van der Waals surface area contributed by atoms with E-state index in [4.69, 9.17) is 9.31 Å². The second-order valence-corrected chi connectivity index (χ2v) is 27.2. The Hall–Kier alpha value is -8.78. The van der Waals surface area contributed by atoms with E-state index in [-0.39, 0.29) is 29.2 Å². The molecule has 0 unspecified atom stereocenters. The van der Waals surface area contributed by atoms with Crippen molar-refractivity contribution in [3.63, 3.8) is 0 Å². The molecule has 5 heterocycles. The molecule has 0 radical (unpaired) electrons. The van der Waals surface area contributed by atoms with E-state index in [1.54, 1.807) is 0 Å². The molecule has 4 nitrogen and oxygen atoms in total. The summed E-state index contributed by atoms with van der Waals surface area (Å²) in [4.78, 5) is 0. The average molecular weight is 1170 g/mol. The van der Waals surface area contributed by atoms with Gasteiger partial charge in [0.25, 0.3) is 0 Å². The molecule has 0 amide bonds. The Morgan fingerprint density at radius 3 is 1.35 bits per heavy atom. The minimum atomic E-state index is -0.351. The fourth-order valence-corrected chi connectivity index (χ4v) is 15.9. The van der Waals surface area contributed by atoms with Crippen molar-refractivity contribution in [3.8, 4) is 33.4 Å². The summed E-state index contributed by atoms with van der Waals surface area (Å²) in [6.07, 6.45) is 0. The standard InChI is InChI=1S/C37H25N.C25H27BO2.C18H10BrN/c1-37(2)31-16-7-5-13-28(31)35-25-12-4-3-10-23(25)29(21-32(35)37)22-18-19-34-30(20-22)27-15-9-14-26-24-11-6-8-17-33(24)38(34)36(26)27;1-23(2)19-12-8-7-10-18(19)22-17-11-9-13-21(16(17)14-15-20(22)23)26-27-24(3,4)25(5,6)28-26;19-11-8-9-17-15(10-11)14-6-3-5-13-12-4-1-2-7-16(12)20(17)18(13)14/h3-21H,1-2H3;7-15H,1-6H3;1-10H. The molecule has 16 aromatic rings. The molecule has 0 bridgehead atoms. The van der Waals surface area contributed by atoms with Gasteiger partial charge in [0.15, 0.2) is 0 Å². The van der Waals surface area contributed by atoms with Crippen molar-refractivity contribution in [2.24, 2.45) is 0 Å². The maximum absolute atomic E-state index is 6.37. The number of aromatic nitrogens is 2. The van der Waals surface area contributed by atoms with Gasteiger partial charge in [-0.2, -0.15) is 0 Å². The molecule has 1 aliphatic heterocycles. The molecule has 0 atom stereocenters. The van der Waals surface area contributed by atoms with Crippen LogP contribution in [0.4, 0.5) is 0 Å². The summed E-state index contributed by atoms with van der Waals surface area (Å²) in [6.45, 7) is 17.8. The van der Waals surface area contributed by atoms with Crippen molar-refractivity contribution in [3.05, 3.63) is 257 Å². The molecule has 2 aliphatic carbocycles. The van der Waals surface area contributed by atoms with Crippen molar-refractivity contribution in [2.75, 3.05) is 0 Å². The van der Waals surface area contributed by atoms with Gasteiger partial charge in [0.05, 0.1) is 44.3 Å². The lowest BCUT2D eigenvalue weighted by Gasteiger charge is -2.32. The molecule has 1 saturated heterocycles. The van der Waals surface area contributed by atoms with Crippen LogP contribution in [0.3, 0.4) is 0 Å². The molecule has 86 heavy (non-hydrogen) atoms. The van der Waals surface area contributed by atoms with Crippen LogP contribution in [0.2, 0.25) is 0 Å². The van der Waals surface area contributed by atoms with E-state index in [0.29, 0.717) is 0 Å². The van der Waals surface area contributed by atoms with Crippen molar-refractivity contribution < 1.29 is 9.31 Å². The van der Waals surface area contributed by atoms with E-state index in [1.165, 1.54) is 153 Å². The maximum atomic E-state index is 6.37. The Balaban J connectivity index is 0.000000106. The first kappa shape index (κ1) is 51.6. The molecule has 414 valence electrons. The van der Waals surface area contributed by atoms with Crippen LogP contribution in [0.1, 0.15) is 77.6 Å². The first-order valence-electron chi connectivity index (χ1n) is 30.3. The third-order valence-corrected chi connectivity index (χ3v) is 20.9. The largest absolute Gasteiger partial charge is 0.495 e. The molecule has 0 spiro atoms. The van der Waals surface area contributed by atoms with Gasteiger partial charge in [-0.3, -0.25) is 0 Å². The molecule has 12 aromatic carbocycles. The Labute approximate surface area is 509 Å². The monoisotopic (exact) mass is 1170 g/mol. The number of hydrogen-bond acceptors (Lipinski definition) is 2. The zero-order valence-corrected chi connectivity index (χ0v) is 51.2. The zero-order valence-electron chi connectivity index (χ0n) is 49.6. The van der Waals surface area contributed by atoms with Crippen LogP contribution in [0.25, 0.3) is 131 Å². The van der Waals surface area contributed by atoms with E-state index in [2.05, 4.69) is 311 Å². The summed E-state index contributed by atoms with van der Waals surface area (Å²) in [7, 11) is -0.351. The number of hydrogen-bond donors (Lipinski definition) is 0. The van der Waals surface area contributed by atoms with Crippen LogP contribution in [-0.2, 0) is 20.1 Å². The third kappa shape index (κ3) is 7.06. The summed E-state index contributed by atoms with van der Waals surface area (Å²) in [5, 5.41) is 15.8. The predicted octanol–water partition coefficient (Wildman–Crippen LogP) is 21.0. The number of nitrogens with zero attached hydrogens (tertiary/aromatic N) is 2. The molecule has 6 heteroatoms. The fourth-order valence-electron chi connectivity index (χ4n) is 15.6. The Morgan fingerprint density at radius 1 is 0.314 bits per heavy atom. The van der Waals surface area contributed by atoms with E-state index in [1.807, 2.05) is 0 Å². The molecule has 0 saturated carbocycles. The summed E-state index contributed by atoms with van der Waals surface area (Å²) in [6, 6.07) is 84.6. The summed E-state index contributed by atoms with van der Waals surface area (Å²) in [5.74, 6) is 0. The summed E-state index contributed by atoms with van der Waals surface area (Å²) >= 11 is 3.59. The quantitative estimate of drug-likeness (QED) is 0.161. The Bertz CT molecular complexity index is 5510. The molecule has 4 aromatic heterocycles. The Kier molecular flexibility index (Phi) is 10.9. The fraction of sp³-hybridized carbons (Fsp3) is 0.150. The highest BCUT2D eigenvalue weighted by Gasteiger charge is 2.52. The van der Waals surface area contributed by atoms with Gasteiger partial charge in [-0.25, -0.2) is 0 Å². The smallest absolute Gasteiger partial charge is 0.399 e. The maximum Gasteiger partial charge on any atom is 0.495 e. The van der Waals surface area contributed by atoms with Crippen molar-refractivity contribution in [1.82, 2.24) is 8.80 Å². The van der Waals surface area contributed by atoms with E-state index in [9.17, 15) is 0 Å². The molecule has 0 N–H and O–H groups in total. The molecular weight excluding hydrogens is 1110 g/mol. The minimum absolute atomic E-state index is 0.0143. The van der Waals surface area contributed by atoms with Gasteiger partial charge >= 0.3 is 7.12 Å². The van der Waals surface area contributed by atoms with E-state index in [0.717, 1.165) is 9.94 Å². The summed E-state index contributed by atoms with van der Waals surface area (Å²) < 4.78 is 18.7. The first-order valence-corrected chi connectivity index (χ1v) is 31.1. The molecule has 19 rings (SSSR count). The molecule has 3 aliphatic rings. The topological polar surface area (TPSA) is 27.3 Å². The van der Waals surface area contributed by atoms with E-state index >= 15 is 0 Å². The lowest BCUT2D eigenvalue weighted by Crippen LogP contribution is -2.41. The van der Waals surface area contributed by atoms with Crippen LogP contribution in [-0.4, -0.2) is 27.1 Å². The SMILES string of the molecule is Brc1ccc2c(c1)c1cccc3c4ccccc4n2c31.CC1(C)c2ccccc2-c2c1cc(-c1ccc3c(c1)c1cccc4c5ccccc5n3c41)c1ccccc21.CC1(C)c2ccccc2-c2c1ccc1c(B3OC(C)(C)C(C)(C)O3)cccc21. The van der Waals surface area contributed by atoms with Crippen LogP contribution in [0.15, 0.2) is 235 Å². The highest BCUT2D eigenvalue weighted by atomic mass is 79.9. The van der Waals surface area contributed by atoms with Crippen LogP contribution in [0, 0.1) is 0 Å². The number of para-hydroxylation sites is 4. The second-order valence-electron chi connectivity index (χ2n) is 26.3. The lowest BCUT2D eigenvalue weighted by molar-refractivity contribution is 0.00578. The second kappa shape index (κ2) is 18.1. The normalized spacial score (nSPS) is 16.0. The van der Waals surface area contributed by atoms with Crippen molar-refractivity contribution in [1.29, 1.82) is 0 Å². The van der Waals surface area contributed by atoms with E-state index < -0.39 is 0 Å². The van der Waals surface area contributed by atoms with Crippen molar-refractivity contribution in [2.45, 2.75) is 77.4 Å². The number of halogens is 1. The van der Waals surface area contributed by atoms with Crippen LogP contribution >= 0.6 is 15.9 Å². The highest BCUT2D eigenvalue weighted by molar-refractivity contribution is 9.10. The number of benzene rings is 12. The van der Waals surface area contributed by atoms with Gasteiger partial charge in [0.2, 0.25) is 0 Å². The van der Waals surface area contributed by atoms with Crippen LogP contribution < -0.4 is 5.46 Å². The average Bonchev–Trinajstić information content (AvgIpc) is 1.63. The number of rotatable bonds is 2. The lowest BCUT2D eigenvalue weighted by atomic mass is 9.74. The van der Waals surface area contributed by atoms with Gasteiger partial charge in [-0.05, 0) is 159 Å². The highest BCUT2D eigenvalue weighted by Crippen LogP contribution is 2.55. The molecule has 1 fully saturated rings. The van der Waals surface area contributed by atoms with Crippen LogP contribution in [0.5, 0.6) is 0 Å². The number of fused-ring (bicyclic) bond motifs is 22. The third-order valence-electron chi connectivity index (χ3n) is 20.5. The van der Waals surface area contributed by atoms with Gasteiger partial charge in [-0.1, -0.05) is 226 Å². The zero-order chi connectivity index (χ0) is 58.3. The van der Waals surface area contributed by atoms with Gasteiger partial charge in [0.1, 0.15) is 0 Å². The first-order chi connectivity index (χ1) is 41.6. The van der Waals surface area contributed by atoms with Gasteiger partial charge in [-0.15, -0.1) is 0 Å². The predicted molar refractivity (Wildman–Crippen MR) is 368 cm³/mol. The molecular formula is C80H62BBrN2O2.